The fraction of sp³-hybridized carbons (Fsp3) is 0.938. The number of aliphatic imine (C=N–C) groups is 1. The molecule has 0 radical (unpaired) electrons. The van der Waals surface area contributed by atoms with Crippen molar-refractivity contribution in [2.24, 2.45) is 4.99 Å². The van der Waals surface area contributed by atoms with Gasteiger partial charge in [0.15, 0.2) is 5.96 Å². The monoisotopic (exact) mass is 425 g/mol. The summed E-state index contributed by atoms with van der Waals surface area (Å²) in [6, 6.07) is 0.569. The molecular weight excluding hydrogens is 389 g/mol. The number of nitrogens with zero attached hydrogens (tertiary/aromatic N) is 3. The molecule has 0 aromatic heterocycles. The molecule has 1 aliphatic heterocycles. The van der Waals surface area contributed by atoms with Crippen molar-refractivity contribution in [3.8, 4) is 0 Å². The number of halogens is 1. The highest BCUT2D eigenvalue weighted by Gasteiger charge is 2.19. The maximum absolute atomic E-state index is 4.69. The van der Waals surface area contributed by atoms with Gasteiger partial charge >= 0.3 is 0 Å². The number of likely N-dealkylation sites (N-methyl/N-ethyl adjacent to an activating group) is 1. The van der Waals surface area contributed by atoms with Crippen LogP contribution in [-0.4, -0.2) is 74.7 Å². The van der Waals surface area contributed by atoms with Gasteiger partial charge in [0.05, 0.1) is 6.54 Å². The Bertz CT molecular complexity index is 290. The molecule has 2 N–H and O–H groups in total. The van der Waals surface area contributed by atoms with Crippen LogP contribution in [0, 0.1) is 0 Å². The fourth-order valence-electron chi connectivity index (χ4n) is 2.62. The van der Waals surface area contributed by atoms with Crippen molar-refractivity contribution in [2.75, 3.05) is 52.9 Å². The molecule has 0 aromatic rings. The molecule has 1 saturated heterocycles. The molecule has 0 amide bonds. The Morgan fingerprint density at radius 1 is 1.23 bits per heavy atom. The predicted molar refractivity (Wildman–Crippen MR) is 107 cm³/mol. The molecular formula is C16H36IN5. The van der Waals surface area contributed by atoms with Gasteiger partial charge in [0.25, 0.3) is 0 Å². The molecule has 132 valence electrons. The van der Waals surface area contributed by atoms with Gasteiger partial charge in [-0.15, -0.1) is 24.0 Å². The average Bonchev–Trinajstić information content (AvgIpc) is 2.49. The van der Waals surface area contributed by atoms with Crippen LogP contribution in [0.4, 0.5) is 0 Å². The SMILES string of the molecule is CCCN1CCC(NC(=NCCN(C)CC)NCC)CC1.I. The van der Waals surface area contributed by atoms with Gasteiger partial charge < -0.3 is 20.4 Å². The number of guanidine groups is 1. The van der Waals surface area contributed by atoms with Crippen molar-refractivity contribution in [1.82, 2.24) is 20.4 Å². The number of hydrogen-bond donors (Lipinski definition) is 2. The zero-order valence-electron chi connectivity index (χ0n) is 14.9. The van der Waals surface area contributed by atoms with Crippen molar-refractivity contribution in [3.63, 3.8) is 0 Å². The molecule has 0 aliphatic carbocycles. The van der Waals surface area contributed by atoms with E-state index in [1.54, 1.807) is 0 Å². The summed E-state index contributed by atoms with van der Waals surface area (Å²) >= 11 is 0. The van der Waals surface area contributed by atoms with Gasteiger partial charge in [0.2, 0.25) is 0 Å². The van der Waals surface area contributed by atoms with E-state index in [-0.39, 0.29) is 24.0 Å². The van der Waals surface area contributed by atoms with E-state index < -0.39 is 0 Å². The van der Waals surface area contributed by atoms with E-state index in [4.69, 9.17) is 4.99 Å². The van der Waals surface area contributed by atoms with Gasteiger partial charge in [-0.3, -0.25) is 4.99 Å². The normalized spacial score (nSPS) is 17.4. The molecule has 22 heavy (non-hydrogen) atoms. The van der Waals surface area contributed by atoms with Gasteiger partial charge in [-0.05, 0) is 46.3 Å². The van der Waals surface area contributed by atoms with Crippen LogP contribution >= 0.6 is 24.0 Å². The first-order valence-electron chi connectivity index (χ1n) is 8.65. The summed E-state index contributed by atoms with van der Waals surface area (Å²) in [6.45, 7) is 14.1. The Balaban J connectivity index is 0.00000441. The van der Waals surface area contributed by atoms with E-state index in [0.29, 0.717) is 6.04 Å². The standard InChI is InChI=1S/C16H35N5.HI/c1-5-11-21-12-8-15(9-13-21)19-16(17-6-2)18-10-14-20(4)7-3;/h15H,5-14H2,1-4H3,(H2,17,18,19);1H. The minimum Gasteiger partial charge on any atom is -0.357 e. The summed E-state index contributed by atoms with van der Waals surface area (Å²) in [5, 5.41) is 6.97. The van der Waals surface area contributed by atoms with Gasteiger partial charge in [-0.1, -0.05) is 13.8 Å². The Morgan fingerprint density at radius 2 is 1.91 bits per heavy atom. The predicted octanol–water partition coefficient (Wildman–Crippen LogP) is 1.99. The quantitative estimate of drug-likeness (QED) is 0.355. The number of piperidine rings is 1. The molecule has 1 heterocycles. The number of rotatable bonds is 8. The van der Waals surface area contributed by atoms with Crippen LogP contribution in [0.5, 0.6) is 0 Å². The van der Waals surface area contributed by atoms with E-state index in [9.17, 15) is 0 Å². The highest BCUT2D eigenvalue weighted by Crippen LogP contribution is 2.10. The third-order valence-corrected chi connectivity index (χ3v) is 4.10. The second-order valence-electron chi connectivity index (χ2n) is 5.92. The van der Waals surface area contributed by atoms with Crippen LogP contribution < -0.4 is 10.6 Å². The molecule has 1 rings (SSSR count). The Hall–Kier alpha value is -0.0800. The molecule has 0 saturated carbocycles. The Morgan fingerprint density at radius 3 is 2.45 bits per heavy atom. The van der Waals surface area contributed by atoms with Crippen LogP contribution in [0.1, 0.15) is 40.0 Å². The van der Waals surface area contributed by atoms with Crippen LogP contribution in [0.15, 0.2) is 4.99 Å². The molecule has 1 fully saturated rings. The van der Waals surface area contributed by atoms with Crippen LogP contribution in [0.2, 0.25) is 0 Å². The molecule has 5 nitrogen and oxygen atoms in total. The van der Waals surface area contributed by atoms with Crippen molar-refractivity contribution >= 4 is 29.9 Å². The van der Waals surface area contributed by atoms with E-state index in [0.717, 1.165) is 32.1 Å². The first kappa shape index (κ1) is 21.9. The van der Waals surface area contributed by atoms with Gasteiger partial charge in [-0.2, -0.15) is 0 Å². The van der Waals surface area contributed by atoms with Crippen molar-refractivity contribution in [3.05, 3.63) is 0 Å². The summed E-state index contributed by atoms with van der Waals surface area (Å²) in [7, 11) is 2.14. The second-order valence-corrected chi connectivity index (χ2v) is 5.92. The maximum atomic E-state index is 4.69. The first-order valence-corrected chi connectivity index (χ1v) is 8.65. The third-order valence-electron chi connectivity index (χ3n) is 4.10. The second kappa shape index (κ2) is 13.4. The zero-order chi connectivity index (χ0) is 15.5. The van der Waals surface area contributed by atoms with Crippen molar-refractivity contribution in [2.45, 2.75) is 46.1 Å². The smallest absolute Gasteiger partial charge is 0.191 e. The van der Waals surface area contributed by atoms with Gasteiger partial charge in [0.1, 0.15) is 0 Å². The average molecular weight is 425 g/mol. The Kier molecular flexibility index (Phi) is 13.3. The molecule has 0 atom stereocenters. The fourth-order valence-corrected chi connectivity index (χ4v) is 2.62. The van der Waals surface area contributed by atoms with Gasteiger partial charge in [0, 0.05) is 32.2 Å². The van der Waals surface area contributed by atoms with E-state index in [2.05, 4.69) is 48.3 Å². The molecule has 0 unspecified atom stereocenters. The Labute approximate surface area is 154 Å². The highest BCUT2D eigenvalue weighted by molar-refractivity contribution is 14.0. The molecule has 1 aliphatic rings. The first-order chi connectivity index (χ1) is 10.2. The van der Waals surface area contributed by atoms with Crippen molar-refractivity contribution < 1.29 is 0 Å². The lowest BCUT2D eigenvalue weighted by molar-refractivity contribution is 0.206. The van der Waals surface area contributed by atoms with Crippen LogP contribution in [0.3, 0.4) is 0 Å². The maximum Gasteiger partial charge on any atom is 0.191 e. The van der Waals surface area contributed by atoms with E-state index in [1.165, 1.54) is 38.9 Å². The number of likely N-dealkylation sites (tertiary alicyclic amines) is 1. The van der Waals surface area contributed by atoms with Crippen molar-refractivity contribution in [1.29, 1.82) is 0 Å². The molecule has 0 spiro atoms. The van der Waals surface area contributed by atoms with E-state index in [1.807, 2.05) is 0 Å². The number of hydrogen-bond acceptors (Lipinski definition) is 3. The lowest BCUT2D eigenvalue weighted by Gasteiger charge is -2.32. The summed E-state index contributed by atoms with van der Waals surface area (Å²) in [4.78, 5) is 9.55. The van der Waals surface area contributed by atoms with Crippen LogP contribution in [-0.2, 0) is 0 Å². The summed E-state index contributed by atoms with van der Waals surface area (Å²) in [6.07, 6.45) is 3.70. The van der Waals surface area contributed by atoms with E-state index >= 15 is 0 Å². The topological polar surface area (TPSA) is 42.9 Å². The highest BCUT2D eigenvalue weighted by atomic mass is 127. The minimum absolute atomic E-state index is 0. The molecule has 6 heteroatoms. The summed E-state index contributed by atoms with van der Waals surface area (Å²) in [5.41, 5.74) is 0. The summed E-state index contributed by atoms with van der Waals surface area (Å²) < 4.78 is 0. The lowest BCUT2D eigenvalue weighted by Crippen LogP contribution is -2.49. The lowest BCUT2D eigenvalue weighted by atomic mass is 10.1. The molecule has 0 bridgehead atoms. The van der Waals surface area contributed by atoms with Crippen LogP contribution in [0.25, 0.3) is 0 Å². The van der Waals surface area contributed by atoms with Gasteiger partial charge in [-0.25, -0.2) is 0 Å². The number of nitrogens with one attached hydrogen (secondary N) is 2. The largest absolute Gasteiger partial charge is 0.357 e. The summed E-state index contributed by atoms with van der Waals surface area (Å²) in [5.74, 6) is 0.982. The zero-order valence-corrected chi connectivity index (χ0v) is 17.2. The minimum atomic E-state index is 0. The molecule has 0 aromatic carbocycles. The third kappa shape index (κ3) is 9.15.